The third-order valence-electron chi connectivity index (χ3n) is 5.63. The van der Waals surface area contributed by atoms with Crippen molar-refractivity contribution in [3.63, 3.8) is 0 Å². The zero-order valence-corrected chi connectivity index (χ0v) is 15.0. The van der Waals surface area contributed by atoms with Gasteiger partial charge in [0.1, 0.15) is 0 Å². The minimum Gasteiger partial charge on any atom is -0.383 e. The fourth-order valence-electron chi connectivity index (χ4n) is 4.16. The normalized spacial score (nSPS) is 24.2. The molecular weight excluding hydrogens is 300 g/mol. The molecule has 0 N–H and O–H groups in total. The zero-order chi connectivity index (χ0) is 16.9. The van der Waals surface area contributed by atoms with Crippen molar-refractivity contribution < 1.29 is 9.53 Å². The Morgan fingerprint density at radius 2 is 2.04 bits per heavy atom. The number of amides is 1. The molecule has 0 spiro atoms. The van der Waals surface area contributed by atoms with Gasteiger partial charge in [-0.3, -0.25) is 9.69 Å². The first kappa shape index (κ1) is 17.4. The molecule has 3 aliphatic rings. The van der Waals surface area contributed by atoms with Crippen molar-refractivity contribution in [3.8, 4) is 0 Å². The Morgan fingerprint density at radius 1 is 1.21 bits per heavy atom. The summed E-state index contributed by atoms with van der Waals surface area (Å²) in [6, 6.07) is 8.90. The first-order chi connectivity index (χ1) is 11.7. The Hall–Kier alpha value is -1.39. The number of hydrogen-bond donors (Lipinski definition) is 0. The number of carbonyl (C=O) groups excluding carboxylic acids is 1. The molecule has 1 amide bonds. The maximum atomic E-state index is 12.8. The van der Waals surface area contributed by atoms with Crippen LogP contribution in [0, 0.1) is 12.8 Å². The molecule has 0 aliphatic carbocycles. The lowest BCUT2D eigenvalue weighted by Crippen LogP contribution is -2.45. The van der Waals surface area contributed by atoms with E-state index in [0.717, 1.165) is 39.2 Å². The standard InChI is InChI=1S/C20H30N2O2/c1-16-5-3-4-6-18(16)8-10-20(23)22-14-17-7-9-19(15-22)21(13-17)11-12-24-2/h3-6,17,19H,7-15H2,1-2H3/t17-,19-/m1/s1. The Morgan fingerprint density at radius 3 is 2.83 bits per heavy atom. The highest BCUT2D eigenvalue weighted by Crippen LogP contribution is 2.28. The molecule has 0 saturated carbocycles. The SMILES string of the molecule is COCCN1C[C@H]2CC[C@@H]1CN(C(=O)CCc1ccccc1C)C2. The number of ether oxygens (including phenoxy) is 1. The molecule has 4 nitrogen and oxygen atoms in total. The average Bonchev–Trinajstić information content (AvgIpc) is 2.91. The fraction of sp³-hybridized carbons (Fsp3) is 0.650. The highest BCUT2D eigenvalue weighted by Gasteiger charge is 2.35. The van der Waals surface area contributed by atoms with Crippen LogP contribution >= 0.6 is 0 Å². The van der Waals surface area contributed by atoms with Crippen LogP contribution in [0.25, 0.3) is 0 Å². The quantitative estimate of drug-likeness (QED) is 0.803. The summed E-state index contributed by atoms with van der Waals surface area (Å²) in [6.07, 6.45) is 3.96. The van der Waals surface area contributed by atoms with E-state index in [9.17, 15) is 4.79 Å². The highest BCUT2D eigenvalue weighted by atomic mass is 16.5. The van der Waals surface area contributed by atoms with Gasteiger partial charge in [-0.25, -0.2) is 0 Å². The number of fused-ring (bicyclic) bond motifs is 4. The molecule has 3 aliphatic heterocycles. The van der Waals surface area contributed by atoms with Gasteiger partial charge >= 0.3 is 0 Å². The van der Waals surface area contributed by atoms with Gasteiger partial charge in [0.05, 0.1) is 6.61 Å². The van der Waals surface area contributed by atoms with E-state index >= 15 is 0 Å². The van der Waals surface area contributed by atoms with Crippen LogP contribution in [0.5, 0.6) is 0 Å². The Labute approximate surface area is 145 Å². The Bertz CT molecular complexity index is 560. The first-order valence-corrected chi connectivity index (χ1v) is 9.22. The maximum Gasteiger partial charge on any atom is 0.222 e. The summed E-state index contributed by atoms with van der Waals surface area (Å²) in [5.74, 6) is 0.951. The summed E-state index contributed by atoms with van der Waals surface area (Å²) in [5.41, 5.74) is 2.58. The Kier molecular flexibility index (Phi) is 5.90. The molecule has 132 valence electrons. The van der Waals surface area contributed by atoms with E-state index < -0.39 is 0 Å². The molecule has 4 rings (SSSR count). The van der Waals surface area contributed by atoms with Gasteiger partial charge in [-0.2, -0.15) is 0 Å². The number of hydrogen-bond acceptors (Lipinski definition) is 3. The molecule has 24 heavy (non-hydrogen) atoms. The lowest BCUT2D eigenvalue weighted by Gasteiger charge is -2.35. The molecule has 0 aromatic heterocycles. The van der Waals surface area contributed by atoms with E-state index in [1.165, 1.54) is 24.0 Å². The molecule has 0 radical (unpaired) electrons. The predicted octanol–water partition coefficient (Wildman–Crippen LogP) is 2.50. The smallest absolute Gasteiger partial charge is 0.222 e. The minimum atomic E-state index is 0.323. The fourth-order valence-corrected chi connectivity index (χ4v) is 4.16. The molecule has 1 aromatic carbocycles. The van der Waals surface area contributed by atoms with E-state index in [1.807, 2.05) is 0 Å². The van der Waals surface area contributed by atoms with Gasteiger partial charge in [-0.05, 0) is 43.2 Å². The molecule has 2 bridgehead atoms. The summed E-state index contributed by atoms with van der Waals surface area (Å²) < 4.78 is 5.24. The van der Waals surface area contributed by atoms with Gasteiger partial charge in [0.25, 0.3) is 0 Å². The molecule has 3 fully saturated rings. The van der Waals surface area contributed by atoms with Crippen molar-refractivity contribution in [1.82, 2.24) is 9.80 Å². The van der Waals surface area contributed by atoms with Crippen molar-refractivity contribution in [2.45, 2.75) is 38.6 Å². The summed E-state index contributed by atoms with van der Waals surface area (Å²) in [4.78, 5) is 17.4. The summed E-state index contributed by atoms with van der Waals surface area (Å²) in [6.45, 7) is 6.85. The van der Waals surface area contributed by atoms with E-state index in [2.05, 4.69) is 41.0 Å². The molecule has 1 aromatic rings. The van der Waals surface area contributed by atoms with Gasteiger partial charge in [-0.1, -0.05) is 24.3 Å². The van der Waals surface area contributed by atoms with E-state index in [-0.39, 0.29) is 0 Å². The van der Waals surface area contributed by atoms with E-state index in [4.69, 9.17) is 4.74 Å². The third-order valence-corrected chi connectivity index (χ3v) is 5.63. The van der Waals surface area contributed by atoms with Gasteiger partial charge in [0.15, 0.2) is 0 Å². The van der Waals surface area contributed by atoms with Gasteiger partial charge in [0, 0.05) is 45.8 Å². The van der Waals surface area contributed by atoms with Crippen LogP contribution in [0.3, 0.4) is 0 Å². The number of carbonyl (C=O) groups is 1. The van der Waals surface area contributed by atoms with Crippen LogP contribution in [0.15, 0.2) is 24.3 Å². The van der Waals surface area contributed by atoms with Crippen LogP contribution in [0.1, 0.15) is 30.4 Å². The van der Waals surface area contributed by atoms with Gasteiger partial charge in [0.2, 0.25) is 5.91 Å². The number of rotatable bonds is 6. The van der Waals surface area contributed by atoms with Crippen LogP contribution in [0.4, 0.5) is 0 Å². The maximum absolute atomic E-state index is 12.8. The number of methoxy groups -OCH3 is 1. The molecular formula is C20H30N2O2. The van der Waals surface area contributed by atoms with Gasteiger partial charge < -0.3 is 9.64 Å². The molecule has 4 heteroatoms. The topological polar surface area (TPSA) is 32.8 Å². The zero-order valence-electron chi connectivity index (χ0n) is 15.0. The van der Waals surface area contributed by atoms with Crippen LogP contribution < -0.4 is 0 Å². The predicted molar refractivity (Wildman–Crippen MR) is 96.0 cm³/mol. The van der Waals surface area contributed by atoms with Crippen molar-refractivity contribution in [1.29, 1.82) is 0 Å². The largest absolute Gasteiger partial charge is 0.383 e. The number of aryl methyl sites for hydroxylation is 2. The van der Waals surface area contributed by atoms with Crippen molar-refractivity contribution >= 4 is 5.91 Å². The second-order valence-electron chi connectivity index (χ2n) is 7.31. The van der Waals surface area contributed by atoms with Crippen LogP contribution in [-0.4, -0.2) is 61.6 Å². The van der Waals surface area contributed by atoms with Crippen LogP contribution in [0.2, 0.25) is 0 Å². The number of nitrogens with zero attached hydrogens (tertiary/aromatic N) is 2. The van der Waals surface area contributed by atoms with Crippen LogP contribution in [-0.2, 0) is 16.0 Å². The molecule has 3 saturated heterocycles. The van der Waals surface area contributed by atoms with Crippen molar-refractivity contribution in [3.05, 3.63) is 35.4 Å². The van der Waals surface area contributed by atoms with Crippen molar-refractivity contribution in [2.24, 2.45) is 5.92 Å². The lowest BCUT2D eigenvalue weighted by molar-refractivity contribution is -0.131. The third kappa shape index (κ3) is 4.17. The second kappa shape index (κ2) is 8.13. The molecule has 2 atom stereocenters. The summed E-state index contributed by atoms with van der Waals surface area (Å²) in [5, 5.41) is 0. The molecule has 3 heterocycles. The summed E-state index contributed by atoms with van der Waals surface area (Å²) >= 11 is 0. The Balaban J connectivity index is 1.57. The highest BCUT2D eigenvalue weighted by molar-refractivity contribution is 5.76. The lowest BCUT2D eigenvalue weighted by atomic mass is 9.95. The van der Waals surface area contributed by atoms with E-state index in [0.29, 0.717) is 24.3 Å². The number of piperidine rings is 1. The first-order valence-electron chi connectivity index (χ1n) is 9.22. The second-order valence-corrected chi connectivity index (χ2v) is 7.31. The molecule has 0 unspecified atom stereocenters. The average molecular weight is 330 g/mol. The van der Waals surface area contributed by atoms with Crippen molar-refractivity contribution in [2.75, 3.05) is 39.9 Å². The van der Waals surface area contributed by atoms with Gasteiger partial charge in [-0.15, -0.1) is 0 Å². The number of benzene rings is 1. The van der Waals surface area contributed by atoms with E-state index in [1.54, 1.807) is 7.11 Å². The monoisotopic (exact) mass is 330 g/mol. The summed E-state index contributed by atoms with van der Waals surface area (Å²) in [7, 11) is 1.76. The minimum absolute atomic E-state index is 0.323.